The SMILES string of the molecule is O=C(CCc1ccc(F)cc1)Nc1ccc(NC(=O)Nc2ccccc2)cc1. The zero-order chi connectivity index (χ0) is 19.8. The molecule has 5 nitrogen and oxygen atoms in total. The molecule has 3 amide bonds. The number of halogens is 1. The Morgan fingerprint density at radius 3 is 1.82 bits per heavy atom. The molecule has 0 atom stereocenters. The molecule has 0 aliphatic heterocycles. The first-order valence-corrected chi connectivity index (χ1v) is 8.86. The van der Waals surface area contributed by atoms with Gasteiger partial charge in [0.1, 0.15) is 5.82 Å². The lowest BCUT2D eigenvalue weighted by molar-refractivity contribution is -0.116. The van der Waals surface area contributed by atoms with Crippen molar-refractivity contribution in [3.8, 4) is 0 Å². The summed E-state index contributed by atoms with van der Waals surface area (Å²) in [4.78, 5) is 24.0. The topological polar surface area (TPSA) is 70.2 Å². The fraction of sp³-hybridized carbons (Fsp3) is 0.0909. The third-order valence-electron chi connectivity index (χ3n) is 4.01. The third-order valence-corrected chi connectivity index (χ3v) is 4.01. The maximum Gasteiger partial charge on any atom is 0.323 e. The Kier molecular flexibility index (Phi) is 6.36. The van der Waals surface area contributed by atoms with E-state index in [9.17, 15) is 14.0 Å². The smallest absolute Gasteiger partial charge is 0.323 e. The molecule has 3 aromatic carbocycles. The number of amides is 3. The average Bonchev–Trinajstić information content (AvgIpc) is 2.70. The number of aryl methyl sites for hydroxylation is 1. The Morgan fingerprint density at radius 1 is 0.679 bits per heavy atom. The van der Waals surface area contributed by atoms with Crippen molar-refractivity contribution in [1.29, 1.82) is 0 Å². The van der Waals surface area contributed by atoms with Crippen LogP contribution in [0.2, 0.25) is 0 Å². The maximum absolute atomic E-state index is 12.9. The molecule has 3 rings (SSSR count). The zero-order valence-corrected chi connectivity index (χ0v) is 15.1. The number of benzene rings is 3. The van der Waals surface area contributed by atoms with E-state index in [1.807, 2.05) is 18.2 Å². The van der Waals surface area contributed by atoms with E-state index >= 15 is 0 Å². The van der Waals surface area contributed by atoms with Crippen LogP contribution < -0.4 is 16.0 Å². The van der Waals surface area contributed by atoms with E-state index in [1.165, 1.54) is 12.1 Å². The predicted molar refractivity (Wildman–Crippen MR) is 109 cm³/mol. The Morgan fingerprint density at radius 2 is 1.21 bits per heavy atom. The van der Waals surface area contributed by atoms with Gasteiger partial charge in [-0.15, -0.1) is 0 Å². The Hall–Kier alpha value is -3.67. The van der Waals surface area contributed by atoms with E-state index in [0.717, 1.165) is 5.56 Å². The van der Waals surface area contributed by atoms with Crippen molar-refractivity contribution in [1.82, 2.24) is 0 Å². The van der Waals surface area contributed by atoms with Crippen molar-refractivity contribution in [3.05, 3.63) is 90.2 Å². The highest BCUT2D eigenvalue weighted by Gasteiger charge is 2.05. The van der Waals surface area contributed by atoms with Gasteiger partial charge >= 0.3 is 6.03 Å². The van der Waals surface area contributed by atoms with Crippen LogP contribution in [-0.4, -0.2) is 11.9 Å². The van der Waals surface area contributed by atoms with Crippen molar-refractivity contribution >= 4 is 29.0 Å². The molecule has 0 radical (unpaired) electrons. The van der Waals surface area contributed by atoms with E-state index < -0.39 is 0 Å². The first kappa shape index (κ1) is 19.1. The highest BCUT2D eigenvalue weighted by molar-refractivity contribution is 6.00. The summed E-state index contributed by atoms with van der Waals surface area (Å²) < 4.78 is 12.9. The number of urea groups is 1. The minimum Gasteiger partial charge on any atom is -0.326 e. The molecule has 3 N–H and O–H groups in total. The fourth-order valence-corrected chi connectivity index (χ4v) is 2.58. The first-order valence-electron chi connectivity index (χ1n) is 8.86. The highest BCUT2D eigenvalue weighted by Crippen LogP contribution is 2.15. The highest BCUT2D eigenvalue weighted by atomic mass is 19.1. The van der Waals surface area contributed by atoms with Gasteiger partial charge in [0.05, 0.1) is 0 Å². The normalized spacial score (nSPS) is 10.2. The van der Waals surface area contributed by atoms with Crippen molar-refractivity contribution in [2.45, 2.75) is 12.8 Å². The Labute approximate surface area is 162 Å². The van der Waals surface area contributed by atoms with Gasteiger partial charge in [0, 0.05) is 23.5 Å². The lowest BCUT2D eigenvalue weighted by Crippen LogP contribution is -2.19. The monoisotopic (exact) mass is 377 g/mol. The van der Waals surface area contributed by atoms with Gasteiger partial charge in [0.25, 0.3) is 0 Å². The molecular weight excluding hydrogens is 357 g/mol. The standard InChI is InChI=1S/C22H20FN3O2/c23-17-9-6-16(7-10-17)8-15-21(27)24-19-11-13-20(14-12-19)26-22(28)25-18-4-2-1-3-5-18/h1-7,9-14H,8,15H2,(H,24,27)(H2,25,26,28). The van der Waals surface area contributed by atoms with Gasteiger partial charge in [-0.25, -0.2) is 9.18 Å². The second-order valence-electron chi connectivity index (χ2n) is 6.20. The van der Waals surface area contributed by atoms with Crippen LogP contribution >= 0.6 is 0 Å². The molecule has 3 aromatic rings. The molecule has 28 heavy (non-hydrogen) atoms. The van der Waals surface area contributed by atoms with E-state index in [4.69, 9.17) is 0 Å². The van der Waals surface area contributed by atoms with Gasteiger partial charge in [-0.05, 0) is 60.5 Å². The van der Waals surface area contributed by atoms with Crippen molar-refractivity contribution in [3.63, 3.8) is 0 Å². The number of carbonyl (C=O) groups is 2. The molecule has 142 valence electrons. The number of para-hydroxylation sites is 1. The van der Waals surface area contributed by atoms with Crippen LogP contribution in [0.3, 0.4) is 0 Å². The summed E-state index contributed by atoms with van der Waals surface area (Å²) in [6, 6.07) is 21.7. The van der Waals surface area contributed by atoms with Gasteiger partial charge in [-0.2, -0.15) is 0 Å². The lowest BCUT2D eigenvalue weighted by Gasteiger charge is -2.09. The quantitative estimate of drug-likeness (QED) is 0.563. The molecule has 0 saturated heterocycles. The second-order valence-corrected chi connectivity index (χ2v) is 6.20. The predicted octanol–water partition coefficient (Wildman–Crippen LogP) is 5.04. The minimum absolute atomic E-state index is 0.133. The summed E-state index contributed by atoms with van der Waals surface area (Å²) in [6.45, 7) is 0. The molecule has 0 bridgehead atoms. The van der Waals surface area contributed by atoms with Crippen LogP contribution in [0.15, 0.2) is 78.9 Å². The van der Waals surface area contributed by atoms with Crippen molar-refractivity contribution in [2.75, 3.05) is 16.0 Å². The summed E-state index contributed by atoms with van der Waals surface area (Å²) in [5, 5.41) is 8.26. The van der Waals surface area contributed by atoms with Gasteiger partial charge < -0.3 is 16.0 Å². The molecule has 0 saturated carbocycles. The van der Waals surface area contributed by atoms with Gasteiger partial charge in [0.2, 0.25) is 5.91 Å². The van der Waals surface area contributed by atoms with Crippen LogP contribution in [-0.2, 0) is 11.2 Å². The van der Waals surface area contributed by atoms with E-state index in [2.05, 4.69) is 16.0 Å². The molecule has 0 aliphatic rings. The summed E-state index contributed by atoms with van der Waals surface area (Å²) in [6.07, 6.45) is 0.830. The second kappa shape index (κ2) is 9.32. The largest absolute Gasteiger partial charge is 0.326 e. The Bertz CT molecular complexity index is 926. The van der Waals surface area contributed by atoms with Crippen molar-refractivity contribution in [2.24, 2.45) is 0 Å². The first-order chi connectivity index (χ1) is 13.6. The molecule has 0 heterocycles. The van der Waals surface area contributed by atoms with Gasteiger partial charge in [-0.1, -0.05) is 30.3 Å². The molecule has 6 heteroatoms. The van der Waals surface area contributed by atoms with Crippen LogP contribution in [0.1, 0.15) is 12.0 Å². The number of hydrogen-bond acceptors (Lipinski definition) is 2. The number of anilines is 3. The molecule has 0 spiro atoms. The third kappa shape index (κ3) is 5.95. The van der Waals surface area contributed by atoms with Crippen LogP contribution in [0.25, 0.3) is 0 Å². The van der Waals surface area contributed by atoms with Crippen LogP contribution in [0.4, 0.5) is 26.2 Å². The Balaban J connectivity index is 1.46. The van der Waals surface area contributed by atoms with Crippen LogP contribution in [0.5, 0.6) is 0 Å². The minimum atomic E-state index is -0.345. The molecule has 0 aromatic heterocycles. The summed E-state index contributed by atoms with van der Waals surface area (Å²) >= 11 is 0. The number of nitrogens with one attached hydrogen (secondary N) is 3. The van der Waals surface area contributed by atoms with E-state index in [-0.39, 0.29) is 17.8 Å². The number of hydrogen-bond donors (Lipinski definition) is 3. The van der Waals surface area contributed by atoms with E-state index in [1.54, 1.807) is 48.5 Å². The van der Waals surface area contributed by atoms with E-state index in [0.29, 0.717) is 29.9 Å². The zero-order valence-electron chi connectivity index (χ0n) is 15.1. The maximum atomic E-state index is 12.9. The van der Waals surface area contributed by atoms with Crippen LogP contribution in [0, 0.1) is 5.82 Å². The molecule has 0 fully saturated rings. The lowest BCUT2D eigenvalue weighted by atomic mass is 10.1. The average molecular weight is 377 g/mol. The molecular formula is C22H20FN3O2. The summed E-state index contributed by atoms with van der Waals surface area (Å²) in [7, 11) is 0. The fourth-order valence-electron chi connectivity index (χ4n) is 2.58. The molecule has 0 aliphatic carbocycles. The summed E-state index contributed by atoms with van der Waals surface area (Å²) in [5.74, 6) is -0.425. The summed E-state index contributed by atoms with van der Waals surface area (Å²) in [5.41, 5.74) is 2.85. The van der Waals surface area contributed by atoms with Gasteiger partial charge in [-0.3, -0.25) is 4.79 Å². The van der Waals surface area contributed by atoms with Crippen molar-refractivity contribution < 1.29 is 14.0 Å². The number of rotatable bonds is 6. The van der Waals surface area contributed by atoms with Gasteiger partial charge in [0.15, 0.2) is 0 Å². The number of carbonyl (C=O) groups excluding carboxylic acids is 2. The molecule has 0 unspecified atom stereocenters.